The van der Waals surface area contributed by atoms with Gasteiger partial charge in [-0.3, -0.25) is 5.11 Å². The summed E-state index contributed by atoms with van der Waals surface area (Å²) in [6, 6.07) is 13.9. The average molecular weight is 264 g/mol. The Hall–Kier alpha value is -1.48. The lowest BCUT2D eigenvalue weighted by Crippen LogP contribution is -1.83. The predicted octanol–water partition coefficient (Wildman–Crippen LogP) is 4.39. The Morgan fingerprint density at radius 2 is 1.60 bits per heavy atom. The summed E-state index contributed by atoms with van der Waals surface area (Å²) < 4.78 is 6.41. The first-order chi connectivity index (χ1) is 7.25. The zero-order valence-electron chi connectivity index (χ0n) is 7.81. The van der Waals surface area contributed by atoms with Crippen LogP contribution in [0, 0.1) is 0 Å². The van der Waals surface area contributed by atoms with Crippen LogP contribution >= 0.6 is 15.9 Å². The number of hydrogen-bond donors (Lipinski definition) is 0. The van der Waals surface area contributed by atoms with Crippen molar-refractivity contribution in [1.82, 2.24) is 0 Å². The third-order valence-electron chi connectivity index (χ3n) is 1.89. The van der Waals surface area contributed by atoms with Gasteiger partial charge < -0.3 is 4.74 Å². The molecule has 2 rings (SSSR count). The molecule has 0 spiro atoms. The van der Waals surface area contributed by atoms with Gasteiger partial charge in [-0.25, -0.2) is 0 Å². The highest BCUT2D eigenvalue weighted by atomic mass is 79.9. The lowest BCUT2D eigenvalue weighted by atomic mass is 10.3. The summed E-state index contributed by atoms with van der Waals surface area (Å²) in [5.41, 5.74) is 0. The van der Waals surface area contributed by atoms with E-state index in [1.807, 2.05) is 12.1 Å². The van der Waals surface area contributed by atoms with E-state index < -0.39 is 0 Å². The summed E-state index contributed by atoms with van der Waals surface area (Å²) in [6.45, 7) is 0. The first-order valence-corrected chi connectivity index (χ1v) is 5.24. The maximum Gasteiger partial charge on any atom is 0.221 e. The van der Waals surface area contributed by atoms with E-state index >= 15 is 0 Å². The molecule has 0 saturated carbocycles. The molecule has 0 atom stereocenters. The number of halogens is 1. The molecule has 2 nitrogen and oxygen atoms in total. The maximum absolute atomic E-state index is 11.4. The average Bonchev–Trinajstić information content (AvgIpc) is 2.25. The Morgan fingerprint density at radius 3 is 2.27 bits per heavy atom. The molecule has 1 radical (unpaired) electrons. The molecule has 3 heteroatoms. The molecule has 0 N–H and O–H groups in total. The van der Waals surface area contributed by atoms with E-state index in [2.05, 4.69) is 15.9 Å². The van der Waals surface area contributed by atoms with Crippen LogP contribution in [0.25, 0.3) is 0 Å². The van der Waals surface area contributed by atoms with Crippen molar-refractivity contribution < 1.29 is 9.84 Å². The van der Waals surface area contributed by atoms with Gasteiger partial charge in [0.2, 0.25) is 5.75 Å². The van der Waals surface area contributed by atoms with Crippen molar-refractivity contribution in [3.05, 3.63) is 53.0 Å². The zero-order chi connectivity index (χ0) is 10.7. The van der Waals surface area contributed by atoms with Crippen molar-refractivity contribution in [2.45, 2.75) is 0 Å². The number of benzene rings is 2. The van der Waals surface area contributed by atoms with Crippen molar-refractivity contribution >= 4 is 15.9 Å². The van der Waals surface area contributed by atoms with Crippen LogP contribution < -0.4 is 4.74 Å². The van der Waals surface area contributed by atoms with E-state index in [0.29, 0.717) is 11.5 Å². The Bertz CT molecular complexity index is 451. The number of para-hydroxylation sites is 2. The summed E-state index contributed by atoms with van der Waals surface area (Å²) in [7, 11) is 0. The van der Waals surface area contributed by atoms with Gasteiger partial charge in [0.05, 0.1) is 0 Å². The first-order valence-electron chi connectivity index (χ1n) is 4.45. The molecule has 0 aliphatic heterocycles. The van der Waals surface area contributed by atoms with Gasteiger partial charge in [0.15, 0.2) is 5.75 Å². The molecule has 0 fully saturated rings. The molecule has 0 aliphatic rings. The van der Waals surface area contributed by atoms with Crippen LogP contribution in [0.2, 0.25) is 0 Å². The fourth-order valence-electron chi connectivity index (χ4n) is 1.16. The van der Waals surface area contributed by atoms with E-state index in [0.717, 1.165) is 4.47 Å². The zero-order valence-corrected chi connectivity index (χ0v) is 9.40. The van der Waals surface area contributed by atoms with Crippen molar-refractivity contribution in [3.63, 3.8) is 0 Å². The summed E-state index contributed by atoms with van der Waals surface area (Å²) in [4.78, 5) is 0. The van der Waals surface area contributed by atoms with Crippen LogP contribution in [0.3, 0.4) is 0 Å². The molecule has 0 heterocycles. The highest BCUT2D eigenvalue weighted by Crippen LogP contribution is 2.30. The van der Waals surface area contributed by atoms with E-state index in [4.69, 9.17) is 4.74 Å². The summed E-state index contributed by atoms with van der Waals surface area (Å²) in [5.74, 6) is 0.891. The van der Waals surface area contributed by atoms with Gasteiger partial charge >= 0.3 is 0 Å². The molecule has 0 bridgehead atoms. The minimum atomic E-state index is -0.111. The Kier molecular flexibility index (Phi) is 2.92. The van der Waals surface area contributed by atoms with Crippen LogP contribution in [-0.2, 0) is 5.11 Å². The van der Waals surface area contributed by atoms with Gasteiger partial charge in [0, 0.05) is 4.47 Å². The molecular weight excluding hydrogens is 256 g/mol. The predicted molar refractivity (Wildman–Crippen MR) is 60.8 cm³/mol. The van der Waals surface area contributed by atoms with Gasteiger partial charge in [0.25, 0.3) is 0 Å². The van der Waals surface area contributed by atoms with Crippen LogP contribution in [0.15, 0.2) is 53.0 Å². The van der Waals surface area contributed by atoms with Crippen molar-refractivity contribution in [2.24, 2.45) is 0 Å². The second-order valence-electron chi connectivity index (χ2n) is 3.00. The lowest BCUT2D eigenvalue weighted by Gasteiger charge is -2.05. The molecule has 2 aromatic carbocycles. The largest absolute Gasteiger partial charge is 0.453 e. The molecule has 0 amide bonds. The quantitative estimate of drug-likeness (QED) is 0.791. The fourth-order valence-corrected chi connectivity index (χ4v) is 1.43. The number of ether oxygens (including phenoxy) is 1. The van der Waals surface area contributed by atoms with E-state index in [-0.39, 0.29) is 5.75 Å². The van der Waals surface area contributed by atoms with Crippen molar-refractivity contribution in [3.8, 4) is 17.2 Å². The molecule has 2 aromatic rings. The SMILES string of the molecule is [O]c1ccccc1Oc1ccc(Br)cc1. The topological polar surface area (TPSA) is 29.1 Å². The van der Waals surface area contributed by atoms with Gasteiger partial charge in [0.1, 0.15) is 5.75 Å². The highest BCUT2D eigenvalue weighted by molar-refractivity contribution is 9.10. The van der Waals surface area contributed by atoms with E-state index in [9.17, 15) is 5.11 Å². The lowest BCUT2D eigenvalue weighted by molar-refractivity contribution is 0.329. The van der Waals surface area contributed by atoms with Crippen molar-refractivity contribution in [2.75, 3.05) is 0 Å². The Balaban J connectivity index is 2.22. The maximum atomic E-state index is 11.4. The van der Waals surface area contributed by atoms with Gasteiger partial charge in [-0.1, -0.05) is 28.1 Å². The molecule has 0 saturated heterocycles. The molecule has 75 valence electrons. The molecule has 0 unspecified atom stereocenters. The Labute approximate surface area is 96.3 Å². The van der Waals surface area contributed by atoms with Gasteiger partial charge in [-0.15, -0.1) is 0 Å². The van der Waals surface area contributed by atoms with Crippen molar-refractivity contribution in [1.29, 1.82) is 0 Å². The van der Waals surface area contributed by atoms with Crippen LogP contribution in [0.4, 0.5) is 0 Å². The minimum absolute atomic E-state index is 0.111. The molecule has 0 aromatic heterocycles. The monoisotopic (exact) mass is 263 g/mol. The van der Waals surface area contributed by atoms with Crippen LogP contribution in [0.5, 0.6) is 17.2 Å². The normalized spacial score (nSPS) is 9.93. The third kappa shape index (κ3) is 2.50. The number of hydrogen-bond acceptors (Lipinski definition) is 1. The first kappa shape index (κ1) is 10.1. The summed E-state index contributed by atoms with van der Waals surface area (Å²) >= 11 is 3.33. The number of rotatable bonds is 2. The summed E-state index contributed by atoms with van der Waals surface area (Å²) in [6.07, 6.45) is 0. The molecule has 0 aliphatic carbocycles. The highest BCUT2D eigenvalue weighted by Gasteiger charge is 2.03. The van der Waals surface area contributed by atoms with E-state index in [1.54, 1.807) is 30.3 Å². The second kappa shape index (κ2) is 4.36. The van der Waals surface area contributed by atoms with Gasteiger partial charge in [-0.2, -0.15) is 0 Å². The van der Waals surface area contributed by atoms with Crippen LogP contribution in [0.1, 0.15) is 0 Å². The standard InChI is InChI=1S/C12H8BrO2/c13-9-5-7-10(8-6-9)15-12-4-2-1-3-11(12)14/h1-8H. The summed E-state index contributed by atoms with van der Waals surface area (Å²) in [5, 5.41) is 11.4. The van der Waals surface area contributed by atoms with Crippen LogP contribution in [-0.4, -0.2) is 0 Å². The fraction of sp³-hybridized carbons (Fsp3) is 0. The third-order valence-corrected chi connectivity index (χ3v) is 2.42. The molecular formula is C12H8BrO2. The smallest absolute Gasteiger partial charge is 0.221 e. The van der Waals surface area contributed by atoms with Gasteiger partial charge in [-0.05, 0) is 36.4 Å². The molecule has 15 heavy (non-hydrogen) atoms. The van der Waals surface area contributed by atoms with E-state index in [1.165, 1.54) is 6.07 Å². The Morgan fingerprint density at radius 1 is 0.933 bits per heavy atom. The second-order valence-corrected chi connectivity index (χ2v) is 3.92. The minimum Gasteiger partial charge on any atom is -0.453 e.